The Kier molecular flexibility index (Phi) is 7.72. The van der Waals surface area contributed by atoms with E-state index in [1.54, 1.807) is 6.92 Å². The lowest BCUT2D eigenvalue weighted by Crippen LogP contribution is -2.04. The van der Waals surface area contributed by atoms with Crippen LogP contribution in [0.2, 0.25) is 0 Å². The molecule has 3 aromatic rings. The van der Waals surface area contributed by atoms with Crippen molar-refractivity contribution in [2.75, 3.05) is 13.2 Å². The molecule has 0 aliphatic rings. The summed E-state index contributed by atoms with van der Waals surface area (Å²) in [5, 5.41) is 49.3. The molecule has 1 heterocycles. The van der Waals surface area contributed by atoms with Gasteiger partial charge in [0.05, 0.1) is 13.2 Å². The van der Waals surface area contributed by atoms with Crippen molar-refractivity contribution >= 4 is 16.9 Å². The van der Waals surface area contributed by atoms with E-state index in [0.717, 1.165) is 31.4 Å². The molecule has 0 amide bonds. The van der Waals surface area contributed by atoms with Crippen molar-refractivity contribution in [3.63, 3.8) is 0 Å². The van der Waals surface area contributed by atoms with Gasteiger partial charge >= 0.3 is 5.97 Å². The minimum absolute atomic E-state index is 0.0714. The van der Waals surface area contributed by atoms with Gasteiger partial charge in [-0.2, -0.15) is 0 Å². The molecule has 0 saturated heterocycles. The first-order chi connectivity index (χ1) is 16.2. The van der Waals surface area contributed by atoms with Crippen LogP contribution in [-0.4, -0.2) is 44.7 Å². The Morgan fingerprint density at radius 2 is 1.56 bits per heavy atom. The van der Waals surface area contributed by atoms with Crippen LogP contribution < -0.4 is 10.2 Å². The van der Waals surface area contributed by atoms with Crippen LogP contribution in [-0.2, 0) is 9.53 Å². The normalized spacial score (nSPS) is 11.0. The van der Waals surface area contributed by atoms with Gasteiger partial charge in [0.15, 0.2) is 23.0 Å². The zero-order valence-electron chi connectivity index (χ0n) is 18.5. The van der Waals surface area contributed by atoms with Crippen LogP contribution in [0.25, 0.3) is 22.3 Å². The second kappa shape index (κ2) is 10.7. The molecule has 0 fully saturated rings. The highest BCUT2D eigenvalue weighted by atomic mass is 16.5. The van der Waals surface area contributed by atoms with Crippen molar-refractivity contribution < 1.29 is 44.2 Å². The number of unbranched alkanes of at least 4 members (excludes halogenated alkanes) is 3. The molecule has 34 heavy (non-hydrogen) atoms. The summed E-state index contributed by atoms with van der Waals surface area (Å²) in [4.78, 5) is 23.9. The standard InChI is InChI=1S/C24H26O10/c1-2-32-19(28)7-5-3-4-6-8-33-14-11-15(25)20-18(12-14)34-24(23(31)22(20)30)13-9-16(26)21(29)17(27)10-13/h9-12,25-27,29,31H,2-8H2,1H3. The molecule has 10 heteroatoms. The van der Waals surface area contributed by atoms with E-state index in [-0.39, 0.29) is 34.0 Å². The molecular weight excluding hydrogens is 448 g/mol. The first-order valence-corrected chi connectivity index (χ1v) is 10.8. The van der Waals surface area contributed by atoms with E-state index in [0.29, 0.717) is 26.1 Å². The highest BCUT2D eigenvalue weighted by Gasteiger charge is 2.21. The number of hydrogen-bond donors (Lipinski definition) is 5. The van der Waals surface area contributed by atoms with E-state index < -0.39 is 34.2 Å². The molecule has 0 spiro atoms. The van der Waals surface area contributed by atoms with Gasteiger partial charge in [-0.05, 0) is 31.9 Å². The smallest absolute Gasteiger partial charge is 0.305 e. The maximum atomic E-state index is 12.6. The molecule has 0 atom stereocenters. The highest BCUT2D eigenvalue weighted by Crippen LogP contribution is 2.42. The maximum absolute atomic E-state index is 12.6. The van der Waals surface area contributed by atoms with Gasteiger partial charge in [0.2, 0.25) is 11.2 Å². The Hall–Kier alpha value is -4.08. The summed E-state index contributed by atoms with van der Waals surface area (Å²) in [6, 6.07) is 4.61. The molecule has 0 saturated carbocycles. The number of phenolic OH excluding ortho intramolecular Hbond substituents is 4. The summed E-state index contributed by atoms with van der Waals surface area (Å²) in [5.41, 5.74) is -1.08. The van der Waals surface area contributed by atoms with E-state index in [4.69, 9.17) is 13.9 Å². The SMILES string of the molecule is CCOC(=O)CCCCCCOc1cc(O)c2c(=O)c(O)c(-c3cc(O)c(O)c(O)c3)oc2c1. The average Bonchev–Trinajstić information content (AvgIpc) is 2.78. The van der Waals surface area contributed by atoms with Gasteiger partial charge in [0.1, 0.15) is 22.5 Å². The quantitative estimate of drug-likeness (QED) is 0.165. The van der Waals surface area contributed by atoms with Crippen LogP contribution in [0.5, 0.6) is 34.5 Å². The fourth-order valence-electron chi connectivity index (χ4n) is 3.43. The van der Waals surface area contributed by atoms with E-state index in [1.807, 2.05) is 0 Å². The number of ether oxygens (including phenoxy) is 2. The number of carbonyl (C=O) groups excluding carboxylic acids is 1. The van der Waals surface area contributed by atoms with Gasteiger partial charge in [-0.1, -0.05) is 12.8 Å². The highest BCUT2D eigenvalue weighted by molar-refractivity contribution is 5.88. The summed E-state index contributed by atoms with van der Waals surface area (Å²) in [6.45, 7) is 2.45. The number of rotatable bonds is 10. The minimum atomic E-state index is -0.922. The fourth-order valence-corrected chi connectivity index (χ4v) is 3.43. The lowest BCUT2D eigenvalue weighted by atomic mass is 10.1. The largest absolute Gasteiger partial charge is 0.507 e. The minimum Gasteiger partial charge on any atom is -0.507 e. The molecule has 1 aromatic heterocycles. The van der Waals surface area contributed by atoms with Crippen LogP contribution in [0.4, 0.5) is 0 Å². The van der Waals surface area contributed by atoms with Crippen molar-refractivity contribution in [1.29, 1.82) is 0 Å². The second-order valence-electron chi connectivity index (χ2n) is 7.61. The number of phenols is 4. The van der Waals surface area contributed by atoms with Crippen molar-refractivity contribution in [3.05, 3.63) is 34.5 Å². The number of fused-ring (bicyclic) bond motifs is 1. The number of benzene rings is 2. The van der Waals surface area contributed by atoms with Gasteiger partial charge in [-0.15, -0.1) is 0 Å². The molecule has 10 nitrogen and oxygen atoms in total. The summed E-state index contributed by atoms with van der Waals surface area (Å²) in [7, 11) is 0. The van der Waals surface area contributed by atoms with E-state index >= 15 is 0 Å². The maximum Gasteiger partial charge on any atom is 0.305 e. The zero-order valence-corrected chi connectivity index (χ0v) is 18.5. The van der Waals surface area contributed by atoms with E-state index in [2.05, 4.69) is 0 Å². The first kappa shape index (κ1) is 24.6. The molecule has 3 rings (SSSR count). The zero-order chi connectivity index (χ0) is 24.8. The lowest BCUT2D eigenvalue weighted by molar-refractivity contribution is -0.143. The molecule has 0 unspecified atom stereocenters. The molecule has 2 aromatic carbocycles. The van der Waals surface area contributed by atoms with Gasteiger partial charge in [0, 0.05) is 24.1 Å². The number of aromatic hydroxyl groups is 5. The van der Waals surface area contributed by atoms with Gasteiger partial charge < -0.3 is 39.4 Å². The van der Waals surface area contributed by atoms with Crippen LogP contribution in [0, 0.1) is 0 Å². The molecule has 182 valence electrons. The number of carbonyl (C=O) groups is 1. The van der Waals surface area contributed by atoms with Crippen molar-refractivity contribution in [2.45, 2.75) is 39.0 Å². The Morgan fingerprint density at radius 1 is 0.882 bits per heavy atom. The number of esters is 1. The van der Waals surface area contributed by atoms with E-state index in [1.165, 1.54) is 12.1 Å². The van der Waals surface area contributed by atoms with Crippen LogP contribution in [0.15, 0.2) is 33.5 Å². The van der Waals surface area contributed by atoms with Gasteiger partial charge in [0.25, 0.3) is 0 Å². The molecular formula is C24H26O10. The van der Waals surface area contributed by atoms with Crippen molar-refractivity contribution in [3.8, 4) is 45.8 Å². The second-order valence-corrected chi connectivity index (χ2v) is 7.61. The molecule has 0 aliphatic carbocycles. The molecule has 0 radical (unpaired) electrons. The fraction of sp³-hybridized carbons (Fsp3) is 0.333. The first-order valence-electron chi connectivity index (χ1n) is 10.8. The Morgan fingerprint density at radius 3 is 2.24 bits per heavy atom. The van der Waals surface area contributed by atoms with Gasteiger partial charge in [-0.3, -0.25) is 9.59 Å². The topological polar surface area (TPSA) is 167 Å². The molecule has 0 bridgehead atoms. The molecule has 5 N–H and O–H groups in total. The third-order valence-electron chi connectivity index (χ3n) is 5.11. The summed E-state index contributed by atoms with van der Waals surface area (Å²) >= 11 is 0. The summed E-state index contributed by atoms with van der Waals surface area (Å²) in [6.07, 6.45) is 3.43. The summed E-state index contributed by atoms with van der Waals surface area (Å²) in [5.74, 6) is -3.78. The third kappa shape index (κ3) is 5.45. The third-order valence-corrected chi connectivity index (χ3v) is 5.11. The van der Waals surface area contributed by atoms with Gasteiger partial charge in [-0.25, -0.2) is 0 Å². The summed E-state index contributed by atoms with van der Waals surface area (Å²) < 4.78 is 16.1. The predicted molar refractivity (Wildman–Crippen MR) is 121 cm³/mol. The van der Waals surface area contributed by atoms with Crippen molar-refractivity contribution in [1.82, 2.24) is 0 Å². The Balaban J connectivity index is 1.74. The lowest BCUT2D eigenvalue weighted by Gasteiger charge is -2.11. The monoisotopic (exact) mass is 474 g/mol. The predicted octanol–water partition coefficient (Wildman–Crippen LogP) is 3.88. The van der Waals surface area contributed by atoms with E-state index in [9.17, 15) is 35.1 Å². The van der Waals surface area contributed by atoms with Crippen LogP contribution in [0.3, 0.4) is 0 Å². The van der Waals surface area contributed by atoms with Crippen LogP contribution >= 0.6 is 0 Å². The van der Waals surface area contributed by atoms with Crippen molar-refractivity contribution in [2.24, 2.45) is 0 Å². The van der Waals surface area contributed by atoms with Crippen LogP contribution in [0.1, 0.15) is 39.0 Å². The molecule has 0 aliphatic heterocycles. The Bertz CT molecular complexity index is 1220. The number of hydrogen-bond acceptors (Lipinski definition) is 10. The average molecular weight is 474 g/mol. The Labute approximate surface area is 194 Å².